The van der Waals surface area contributed by atoms with Crippen LogP contribution in [0.5, 0.6) is 0 Å². The number of aryl methyl sites for hydroxylation is 2. The van der Waals surface area contributed by atoms with Crippen LogP contribution in [0.1, 0.15) is 60.6 Å². The highest BCUT2D eigenvalue weighted by Gasteiger charge is 2.37. The first-order valence-electron chi connectivity index (χ1n) is 13.6. The van der Waals surface area contributed by atoms with E-state index in [1.54, 1.807) is 6.92 Å². The second-order valence-electron chi connectivity index (χ2n) is 10.6. The number of aromatic nitrogens is 6. The van der Waals surface area contributed by atoms with Crippen LogP contribution >= 0.6 is 0 Å². The molecule has 1 saturated carbocycles. The van der Waals surface area contributed by atoms with Gasteiger partial charge in [0.05, 0.1) is 29.3 Å². The van der Waals surface area contributed by atoms with Crippen LogP contribution in [0.4, 0.5) is 38.1 Å². The van der Waals surface area contributed by atoms with Gasteiger partial charge in [-0.3, -0.25) is 0 Å². The first kappa shape index (κ1) is 29.6. The largest absolute Gasteiger partial charge is 0.416 e. The predicted octanol–water partition coefficient (Wildman–Crippen LogP) is 6.32. The van der Waals surface area contributed by atoms with E-state index < -0.39 is 23.5 Å². The van der Waals surface area contributed by atoms with E-state index in [0.717, 1.165) is 32.2 Å². The molecular formula is C27H30F6N8O. The van der Waals surface area contributed by atoms with Crippen molar-refractivity contribution in [3.8, 4) is 0 Å². The summed E-state index contributed by atoms with van der Waals surface area (Å²) in [6, 6.07) is 3.38. The van der Waals surface area contributed by atoms with Gasteiger partial charge in [0.15, 0.2) is 0 Å². The SMILES string of the molecule is CCN(CC1CCCC1)c1nc2onc(C)c2cc1CN(Cc1cc(C(F)(F)F)cc(C(F)(F)F)c1)c1nnn(C)n1. The highest BCUT2D eigenvalue weighted by Crippen LogP contribution is 2.37. The van der Waals surface area contributed by atoms with Crippen molar-refractivity contribution in [2.24, 2.45) is 13.0 Å². The molecule has 0 saturated heterocycles. The minimum Gasteiger partial charge on any atom is -0.356 e. The topological polar surface area (TPSA) is 89.0 Å². The summed E-state index contributed by atoms with van der Waals surface area (Å²) in [5.41, 5.74) is -1.38. The summed E-state index contributed by atoms with van der Waals surface area (Å²) in [6.07, 6.45) is -5.43. The second-order valence-corrected chi connectivity index (χ2v) is 10.6. The third-order valence-corrected chi connectivity index (χ3v) is 7.50. The van der Waals surface area contributed by atoms with Gasteiger partial charge in [-0.25, -0.2) is 0 Å². The summed E-state index contributed by atoms with van der Waals surface area (Å²) in [5, 5.41) is 16.7. The molecule has 0 unspecified atom stereocenters. The molecule has 1 aromatic carbocycles. The van der Waals surface area contributed by atoms with Crippen molar-refractivity contribution >= 4 is 22.9 Å². The maximum atomic E-state index is 13.6. The third-order valence-electron chi connectivity index (χ3n) is 7.50. The molecule has 1 aliphatic rings. The van der Waals surface area contributed by atoms with Crippen LogP contribution in [0.25, 0.3) is 11.1 Å². The number of benzene rings is 1. The van der Waals surface area contributed by atoms with Crippen molar-refractivity contribution in [3.63, 3.8) is 0 Å². The number of anilines is 2. The molecule has 0 radical (unpaired) electrons. The minimum absolute atomic E-state index is 0.0212. The normalized spacial score (nSPS) is 14.7. The molecule has 1 fully saturated rings. The lowest BCUT2D eigenvalue weighted by molar-refractivity contribution is -0.143. The summed E-state index contributed by atoms with van der Waals surface area (Å²) in [5.74, 6) is 1.12. The number of hydrogen-bond acceptors (Lipinski definition) is 8. The number of hydrogen-bond donors (Lipinski definition) is 0. The number of alkyl halides is 6. The molecule has 0 bridgehead atoms. The number of fused-ring (bicyclic) bond motifs is 1. The van der Waals surface area contributed by atoms with E-state index in [0.29, 0.717) is 52.8 Å². The Hall–Kier alpha value is -3.91. The van der Waals surface area contributed by atoms with Crippen molar-refractivity contribution < 1.29 is 30.9 Å². The number of tetrazole rings is 1. The molecule has 42 heavy (non-hydrogen) atoms. The van der Waals surface area contributed by atoms with Gasteiger partial charge in [-0.2, -0.15) is 36.1 Å². The Morgan fingerprint density at radius 3 is 2.19 bits per heavy atom. The fourth-order valence-corrected chi connectivity index (χ4v) is 5.41. The molecule has 15 heteroatoms. The van der Waals surface area contributed by atoms with Crippen LogP contribution in [0.3, 0.4) is 0 Å². The molecule has 0 N–H and O–H groups in total. The molecular weight excluding hydrogens is 566 g/mol. The van der Waals surface area contributed by atoms with E-state index >= 15 is 0 Å². The van der Waals surface area contributed by atoms with Gasteiger partial charge in [0.25, 0.3) is 11.7 Å². The van der Waals surface area contributed by atoms with Gasteiger partial charge in [0.1, 0.15) is 5.82 Å². The monoisotopic (exact) mass is 596 g/mol. The molecule has 0 spiro atoms. The van der Waals surface area contributed by atoms with E-state index in [9.17, 15) is 26.3 Å². The van der Waals surface area contributed by atoms with Crippen LogP contribution in [0.2, 0.25) is 0 Å². The zero-order chi connectivity index (χ0) is 30.2. The molecule has 5 rings (SSSR count). The number of halogens is 6. The van der Waals surface area contributed by atoms with Crippen LogP contribution in [0, 0.1) is 12.8 Å². The van der Waals surface area contributed by atoms with Gasteiger partial charge >= 0.3 is 12.4 Å². The Morgan fingerprint density at radius 1 is 0.952 bits per heavy atom. The van der Waals surface area contributed by atoms with Gasteiger partial charge in [0.2, 0.25) is 0 Å². The standard InChI is InChI=1S/C27H30F6N8O/c1-4-40(13-17-7-5-6-8-17)23-19(11-22-16(2)37-42-24(22)34-23)15-41(25-35-38-39(3)36-25)14-18-9-20(26(28,29)30)12-21(10-18)27(31,32)33/h9-12,17H,4-8,13-15H2,1-3H3. The van der Waals surface area contributed by atoms with Crippen LogP contribution in [-0.4, -0.2) is 43.4 Å². The van der Waals surface area contributed by atoms with Crippen LogP contribution in [-0.2, 0) is 32.5 Å². The zero-order valence-corrected chi connectivity index (χ0v) is 23.3. The molecule has 3 aromatic heterocycles. The number of nitrogens with zero attached hydrogens (tertiary/aromatic N) is 8. The van der Waals surface area contributed by atoms with Gasteiger partial charge in [-0.1, -0.05) is 23.1 Å². The maximum absolute atomic E-state index is 13.6. The highest BCUT2D eigenvalue weighted by molar-refractivity contribution is 5.79. The van der Waals surface area contributed by atoms with Gasteiger partial charge < -0.3 is 14.3 Å². The number of rotatable bonds is 9. The van der Waals surface area contributed by atoms with E-state index in [1.807, 2.05) is 13.0 Å². The molecule has 226 valence electrons. The van der Waals surface area contributed by atoms with Gasteiger partial charge in [-0.15, -0.1) is 5.10 Å². The lowest BCUT2D eigenvalue weighted by atomic mass is 10.0. The van der Waals surface area contributed by atoms with E-state index in [4.69, 9.17) is 9.51 Å². The maximum Gasteiger partial charge on any atom is 0.416 e. The fraction of sp³-hybridized carbons (Fsp3) is 0.519. The molecule has 9 nitrogen and oxygen atoms in total. The highest BCUT2D eigenvalue weighted by atomic mass is 19.4. The Morgan fingerprint density at radius 2 is 1.62 bits per heavy atom. The average molecular weight is 597 g/mol. The summed E-state index contributed by atoms with van der Waals surface area (Å²) < 4.78 is 87.0. The van der Waals surface area contributed by atoms with E-state index in [2.05, 4.69) is 25.5 Å². The molecule has 3 heterocycles. The quantitative estimate of drug-likeness (QED) is 0.208. The molecule has 0 aliphatic heterocycles. The second kappa shape index (κ2) is 11.4. The van der Waals surface area contributed by atoms with Crippen molar-refractivity contribution in [2.45, 2.75) is 65.0 Å². The van der Waals surface area contributed by atoms with Crippen molar-refractivity contribution in [2.75, 3.05) is 22.9 Å². The van der Waals surface area contributed by atoms with Crippen LogP contribution in [0.15, 0.2) is 28.8 Å². The summed E-state index contributed by atoms with van der Waals surface area (Å²) in [4.78, 5) is 9.55. The molecule has 4 aromatic rings. The predicted molar refractivity (Wildman–Crippen MR) is 142 cm³/mol. The lowest BCUT2D eigenvalue weighted by Gasteiger charge is -2.29. The first-order chi connectivity index (χ1) is 19.8. The number of pyridine rings is 1. The van der Waals surface area contributed by atoms with E-state index in [1.165, 1.54) is 16.7 Å². The Kier molecular flexibility index (Phi) is 8.03. The minimum atomic E-state index is -4.97. The first-order valence-corrected chi connectivity index (χ1v) is 13.6. The van der Waals surface area contributed by atoms with Crippen molar-refractivity contribution in [1.82, 2.24) is 30.3 Å². The van der Waals surface area contributed by atoms with Crippen molar-refractivity contribution in [1.29, 1.82) is 0 Å². The molecule has 0 atom stereocenters. The zero-order valence-electron chi connectivity index (χ0n) is 23.3. The summed E-state index contributed by atoms with van der Waals surface area (Å²) >= 11 is 0. The Labute approximate surface area is 237 Å². The fourth-order valence-electron chi connectivity index (χ4n) is 5.41. The average Bonchev–Trinajstić information content (AvgIpc) is 3.68. The summed E-state index contributed by atoms with van der Waals surface area (Å²) in [6.45, 7) is 4.80. The van der Waals surface area contributed by atoms with Gasteiger partial charge in [-0.05, 0) is 67.6 Å². The Balaban J connectivity index is 1.58. The van der Waals surface area contributed by atoms with Crippen molar-refractivity contribution in [3.05, 3.63) is 52.2 Å². The summed E-state index contributed by atoms with van der Waals surface area (Å²) in [7, 11) is 1.51. The van der Waals surface area contributed by atoms with E-state index in [-0.39, 0.29) is 30.7 Å². The Bertz CT molecular complexity index is 1510. The lowest BCUT2D eigenvalue weighted by Crippen LogP contribution is -2.32. The molecule has 1 aliphatic carbocycles. The third kappa shape index (κ3) is 6.44. The van der Waals surface area contributed by atoms with Gasteiger partial charge in [0, 0.05) is 31.7 Å². The molecule has 0 amide bonds. The smallest absolute Gasteiger partial charge is 0.356 e. The van der Waals surface area contributed by atoms with Crippen LogP contribution < -0.4 is 9.80 Å².